The highest BCUT2D eigenvalue weighted by molar-refractivity contribution is 5.93. The number of hydrogen-bond acceptors (Lipinski definition) is 7. The van der Waals surface area contributed by atoms with Crippen LogP contribution in [0.5, 0.6) is 11.5 Å². The van der Waals surface area contributed by atoms with Gasteiger partial charge in [0, 0.05) is 19.2 Å². The molecule has 144 valence electrons. The number of nitrogens with zero attached hydrogens (tertiary/aromatic N) is 3. The normalized spacial score (nSPS) is 15.1. The summed E-state index contributed by atoms with van der Waals surface area (Å²) in [4.78, 5) is 22.9. The topological polar surface area (TPSA) is 85.8 Å². The zero-order valence-corrected chi connectivity index (χ0v) is 15.6. The van der Waals surface area contributed by atoms with Crippen LogP contribution >= 0.6 is 0 Å². The Kier molecular flexibility index (Phi) is 6.43. The molecule has 0 aliphatic carbocycles. The lowest BCUT2D eigenvalue weighted by atomic mass is 10.3. The largest absolute Gasteiger partial charge is 0.494 e. The van der Waals surface area contributed by atoms with Gasteiger partial charge in [-0.1, -0.05) is 0 Å². The third-order valence-electron chi connectivity index (χ3n) is 4.06. The lowest BCUT2D eigenvalue weighted by molar-refractivity contribution is -0.122. The number of ether oxygens (including phenoxy) is 3. The van der Waals surface area contributed by atoms with Crippen molar-refractivity contribution in [1.82, 2.24) is 9.97 Å². The molecule has 0 saturated carbocycles. The Labute approximate surface area is 158 Å². The first-order valence-electron chi connectivity index (χ1n) is 9.01. The molecule has 8 heteroatoms. The third-order valence-corrected chi connectivity index (χ3v) is 4.06. The molecule has 1 unspecified atom stereocenters. The van der Waals surface area contributed by atoms with Gasteiger partial charge in [-0.3, -0.25) is 4.79 Å². The lowest BCUT2D eigenvalue weighted by Gasteiger charge is -2.27. The molecule has 1 aliphatic heterocycles. The van der Waals surface area contributed by atoms with E-state index in [1.807, 2.05) is 19.1 Å². The second-order valence-corrected chi connectivity index (χ2v) is 6.01. The zero-order chi connectivity index (χ0) is 19.1. The minimum absolute atomic E-state index is 0.282. The molecule has 1 fully saturated rings. The van der Waals surface area contributed by atoms with E-state index < -0.39 is 6.10 Å². The van der Waals surface area contributed by atoms with E-state index >= 15 is 0 Å². The van der Waals surface area contributed by atoms with Crippen LogP contribution in [0.4, 0.5) is 11.6 Å². The number of morpholine rings is 1. The van der Waals surface area contributed by atoms with Gasteiger partial charge in [0.1, 0.15) is 29.5 Å². The van der Waals surface area contributed by atoms with E-state index in [0.29, 0.717) is 31.4 Å². The van der Waals surface area contributed by atoms with Crippen LogP contribution in [0.15, 0.2) is 36.7 Å². The summed E-state index contributed by atoms with van der Waals surface area (Å²) in [5, 5.41) is 2.78. The van der Waals surface area contributed by atoms with Crippen molar-refractivity contribution in [2.24, 2.45) is 0 Å². The first-order chi connectivity index (χ1) is 13.2. The van der Waals surface area contributed by atoms with Crippen molar-refractivity contribution >= 4 is 17.5 Å². The fourth-order valence-electron chi connectivity index (χ4n) is 2.65. The molecule has 0 spiro atoms. The van der Waals surface area contributed by atoms with Crippen molar-refractivity contribution in [3.8, 4) is 11.5 Å². The Morgan fingerprint density at radius 3 is 2.63 bits per heavy atom. The first kappa shape index (κ1) is 18.9. The van der Waals surface area contributed by atoms with E-state index in [4.69, 9.17) is 14.2 Å². The maximum Gasteiger partial charge on any atom is 0.266 e. The fraction of sp³-hybridized carbons (Fsp3) is 0.421. The number of carbonyl (C=O) groups is 1. The number of carbonyl (C=O) groups excluding carboxylic acids is 1. The van der Waals surface area contributed by atoms with Gasteiger partial charge in [-0.25, -0.2) is 9.97 Å². The summed E-state index contributed by atoms with van der Waals surface area (Å²) in [6.45, 7) is 7.08. The standard InChI is InChI=1S/C19H24N4O4/c1-3-26-15-4-6-16(7-5-15)27-14(2)19(24)22-17-12-18(21-13-20-17)23-8-10-25-11-9-23/h4-7,12-14H,3,8-11H2,1-2H3,(H,20,21,22,24). The maximum absolute atomic E-state index is 12.4. The summed E-state index contributed by atoms with van der Waals surface area (Å²) < 4.78 is 16.4. The molecule has 1 saturated heterocycles. The third kappa shape index (κ3) is 5.30. The number of benzene rings is 1. The predicted molar refractivity (Wildman–Crippen MR) is 101 cm³/mol. The van der Waals surface area contributed by atoms with Crippen molar-refractivity contribution < 1.29 is 19.0 Å². The van der Waals surface area contributed by atoms with E-state index in [1.54, 1.807) is 25.1 Å². The van der Waals surface area contributed by atoms with Crippen molar-refractivity contribution in [1.29, 1.82) is 0 Å². The van der Waals surface area contributed by atoms with Gasteiger partial charge in [0.2, 0.25) is 0 Å². The smallest absolute Gasteiger partial charge is 0.266 e. The number of rotatable bonds is 7. The zero-order valence-electron chi connectivity index (χ0n) is 15.6. The summed E-state index contributed by atoms with van der Waals surface area (Å²) in [5.74, 6) is 2.29. The Bertz CT molecular complexity index is 748. The van der Waals surface area contributed by atoms with Crippen LogP contribution in [-0.4, -0.2) is 54.9 Å². The van der Waals surface area contributed by atoms with Crippen molar-refractivity contribution in [3.63, 3.8) is 0 Å². The Morgan fingerprint density at radius 2 is 1.93 bits per heavy atom. The summed E-state index contributed by atoms with van der Waals surface area (Å²) in [6.07, 6.45) is 0.767. The molecule has 1 aromatic heterocycles. The van der Waals surface area contributed by atoms with E-state index in [1.165, 1.54) is 6.33 Å². The average molecular weight is 372 g/mol. The van der Waals surface area contributed by atoms with E-state index in [0.717, 1.165) is 24.7 Å². The van der Waals surface area contributed by atoms with E-state index in [2.05, 4.69) is 20.2 Å². The quantitative estimate of drug-likeness (QED) is 0.797. The SMILES string of the molecule is CCOc1ccc(OC(C)C(=O)Nc2cc(N3CCOCC3)ncn2)cc1. The van der Waals surface area contributed by atoms with Gasteiger partial charge in [-0.2, -0.15) is 0 Å². The van der Waals surface area contributed by atoms with Crippen LogP contribution < -0.4 is 19.7 Å². The van der Waals surface area contributed by atoms with E-state index in [-0.39, 0.29) is 5.91 Å². The molecule has 1 aliphatic rings. The van der Waals surface area contributed by atoms with Gasteiger partial charge in [0.25, 0.3) is 5.91 Å². The average Bonchev–Trinajstić information content (AvgIpc) is 2.70. The molecule has 27 heavy (non-hydrogen) atoms. The second kappa shape index (κ2) is 9.18. The molecule has 3 rings (SSSR count). The van der Waals surface area contributed by atoms with E-state index in [9.17, 15) is 4.79 Å². The number of aromatic nitrogens is 2. The molecule has 1 aromatic carbocycles. The summed E-state index contributed by atoms with van der Waals surface area (Å²) in [7, 11) is 0. The second-order valence-electron chi connectivity index (χ2n) is 6.01. The number of nitrogens with one attached hydrogen (secondary N) is 1. The predicted octanol–water partition coefficient (Wildman–Crippen LogP) is 2.12. The van der Waals surface area contributed by atoms with Gasteiger partial charge >= 0.3 is 0 Å². The molecule has 1 amide bonds. The molecule has 0 bridgehead atoms. The highest BCUT2D eigenvalue weighted by Gasteiger charge is 2.17. The number of anilines is 2. The van der Waals surface area contributed by atoms with Crippen LogP contribution in [0, 0.1) is 0 Å². The maximum atomic E-state index is 12.4. The number of hydrogen-bond donors (Lipinski definition) is 1. The first-order valence-corrected chi connectivity index (χ1v) is 9.01. The Morgan fingerprint density at radius 1 is 1.22 bits per heavy atom. The summed E-state index contributed by atoms with van der Waals surface area (Å²) in [5.41, 5.74) is 0. The molecular weight excluding hydrogens is 348 g/mol. The van der Waals surface area contributed by atoms with Crippen molar-refractivity contribution in [3.05, 3.63) is 36.7 Å². The molecule has 0 radical (unpaired) electrons. The number of amides is 1. The molecular formula is C19H24N4O4. The minimum atomic E-state index is -0.676. The molecule has 1 N–H and O–H groups in total. The molecule has 8 nitrogen and oxygen atoms in total. The van der Waals surface area contributed by atoms with Gasteiger partial charge < -0.3 is 24.4 Å². The van der Waals surface area contributed by atoms with Gasteiger partial charge in [0.15, 0.2) is 6.10 Å². The van der Waals surface area contributed by atoms with Crippen LogP contribution in [0.3, 0.4) is 0 Å². The lowest BCUT2D eigenvalue weighted by Crippen LogP contribution is -2.37. The van der Waals surface area contributed by atoms with Crippen LogP contribution in [0.25, 0.3) is 0 Å². The van der Waals surface area contributed by atoms with Crippen LogP contribution in [-0.2, 0) is 9.53 Å². The summed E-state index contributed by atoms with van der Waals surface area (Å²) >= 11 is 0. The molecule has 1 atom stereocenters. The molecule has 2 heterocycles. The van der Waals surface area contributed by atoms with Crippen molar-refractivity contribution in [2.75, 3.05) is 43.1 Å². The highest BCUT2D eigenvalue weighted by Crippen LogP contribution is 2.19. The van der Waals surface area contributed by atoms with Crippen molar-refractivity contribution in [2.45, 2.75) is 20.0 Å². The van der Waals surface area contributed by atoms with Gasteiger partial charge in [0.05, 0.1) is 19.8 Å². The Balaban J connectivity index is 1.57. The van der Waals surface area contributed by atoms with Gasteiger partial charge in [-0.05, 0) is 38.1 Å². The molecule has 2 aromatic rings. The summed E-state index contributed by atoms with van der Waals surface area (Å²) in [6, 6.07) is 8.92. The monoisotopic (exact) mass is 372 g/mol. The Hall–Kier alpha value is -2.87. The highest BCUT2D eigenvalue weighted by atomic mass is 16.5. The minimum Gasteiger partial charge on any atom is -0.494 e. The van der Waals surface area contributed by atoms with Crippen LogP contribution in [0.2, 0.25) is 0 Å². The van der Waals surface area contributed by atoms with Crippen LogP contribution in [0.1, 0.15) is 13.8 Å². The van der Waals surface area contributed by atoms with Gasteiger partial charge in [-0.15, -0.1) is 0 Å². The fourth-order valence-corrected chi connectivity index (χ4v) is 2.65.